The number of tetrazole rings is 1. The van der Waals surface area contributed by atoms with Gasteiger partial charge in [-0.05, 0) is 36.7 Å². The maximum atomic E-state index is 12.0. The van der Waals surface area contributed by atoms with E-state index in [1.54, 1.807) is 4.68 Å². The Morgan fingerprint density at radius 3 is 2.89 bits per heavy atom. The molecule has 7 nitrogen and oxygen atoms in total. The van der Waals surface area contributed by atoms with Crippen molar-refractivity contribution in [3.8, 4) is 0 Å². The second kappa shape index (κ2) is 7.44. The highest BCUT2D eigenvalue weighted by atomic mass is 32.2. The highest BCUT2D eigenvalue weighted by molar-refractivity contribution is 7.99. The van der Waals surface area contributed by atoms with Gasteiger partial charge in [0.2, 0.25) is 11.1 Å². The van der Waals surface area contributed by atoms with Crippen molar-refractivity contribution >= 4 is 17.7 Å². The molecule has 1 amide bonds. The number of likely N-dealkylation sites (N-methyl/N-ethyl adjacent to an activating group) is 1. The zero-order chi connectivity index (χ0) is 13.5. The summed E-state index contributed by atoms with van der Waals surface area (Å²) >= 11 is 1.41. The van der Waals surface area contributed by atoms with E-state index in [-0.39, 0.29) is 5.91 Å². The number of aromatic nitrogens is 4. The Kier molecular flexibility index (Phi) is 5.59. The SMILES string of the molecule is CNCCn1nnnc1SCC(=O)N1CCCCC1. The first-order valence-corrected chi connectivity index (χ1v) is 7.61. The van der Waals surface area contributed by atoms with Crippen molar-refractivity contribution in [3.05, 3.63) is 0 Å². The Morgan fingerprint density at radius 2 is 2.16 bits per heavy atom. The van der Waals surface area contributed by atoms with Gasteiger partial charge >= 0.3 is 0 Å². The van der Waals surface area contributed by atoms with Gasteiger partial charge in [0.15, 0.2) is 0 Å². The summed E-state index contributed by atoms with van der Waals surface area (Å²) in [6.07, 6.45) is 3.48. The fourth-order valence-electron chi connectivity index (χ4n) is 2.02. The third-order valence-electron chi connectivity index (χ3n) is 3.11. The number of hydrogen-bond acceptors (Lipinski definition) is 6. The zero-order valence-corrected chi connectivity index (χ0v) is 12.0. The molecule has 1 aromatic rings. The molecule has 0 saturated carbocycles. The number of amides is 1. The summed E-state index contributed by atoms with van der Waals surface area (Å²) in [7, 11) is 1.89. The number of thioether (sulfide) groups is 1. The number of rotatable bonds is 6. The van der Waals surface area contributed by atoms with Crippen LogP contribution in [0, 0.1) is 0 Å². The van der Waals surface area contributed by atoms with Crippen molar-refractivity contribution in [2.75, 3.05) is 32.4 Å². The lowest BCUT2D eigenvalue weighted by Crippen LogP contribution is -2.36. The highest BCUT2D eigenvalue weighted by Crippen LogP contribution is 2.16. The van der Waals surface area contributed by atoms with E-state index in [1.165, 1.54) is 18.2 Å². The summed E-state index contributed by atoms with van der Waals surface area (Å²) in [5, 5.41) is 15.3. The lowest BCUT2D eigenvalue weighted by atomic mass is 10.1. The average Bonchev–Trinajstić information content (AvgIpc) is 2.91. The standard InChI is InChI=1S/C11H20N6OS/c1-12-5-8-17-11(13-14-15-17)19-9-10(18)16-6-3-2-4-7-16/h12H,2-9H2,1H3. The van der Waals surface area contributed by atoms with E-state index in [0.717, 1.165) is 32.5 Å². The first-order valence-electron chi connectivity index (χ1n) is 6.62. The zero-order valence-electron chi connectivity index (χ0n) is 11.2. The summed E-state index contributed by atoms with van der Waals surface area (Å²) in [4.78, 5) is 14.0. The van der Waals surface area contributed by atoms with Crippen molar-refractivity contribution in [2.24, 2.45) is 0 Å². The van der Waals surface area contributed by atoms with Crippen LogP contribution in [-0.4, -0.2) is 63.4 Å². The molecule has 1 saturated heterocycles. The van der Waals surface area contributed by atoms with Gasteiger partial charge in [-0.1, -0.05) is 11.8 Å². The van der Waals surface area contributed by atoms with Gasteiger partial charge in [-0.15, -0.1) is 5.10 Å². The lowest BCUT2D eigenvalue weighted by molar-refractivity contribution is -0.129. The molecular formula is C11H20N6OS. The van der Waals surface area contributed by atoms with Gasteiger partial charge in [-0.2, -0.15) is 0 Å². The molecule has 0 aromatic carbocycles. The van der Waals surface area contributed by atoms with Crippen molar-refractivity contribution in [2.45, 2.75) is 31.0 Å². The monoisotopic (exact) mass is 284 g/mol. The van der Waals surface area contributed by atoms with Crippen LogP contribution in [0.25, 0.3) is 0 Å². The maximum Gasteiger partial charge on any atom is 0.233 e. The van der Waals surface area contributed by atoms with Crippen LogP contribution in [0.1, 0.15) is 19.3 Å². The molecule has 0 atom stereocenters. The Bertz CT molecular complexity index is 404. The quantitative estimate of drug-likeness (QED) is 0.741. The maximum absolute atomic E-state index is 12.0. The van der Waals surface area contributed by atoms with Crippen LogP contribution in [0.15, 0.2) is 5.16 Å². The van der Waals surface area contributed by atoms with Crippen molar-refractivity contribution in [1.29, 1.82) is 0 Å². The van der Waals surface area contributed by atoms with Crippen molar-refractivity contribution < 1.29 is 4.79 Å². The van der Waals surface area contributed by atoms with Crippen molar-refractivity contribution in [1.82, 2.24) is 30.4 Å². The first kappa shape index (κ1) is 14.3. The molecule has 2 rings (SSSR count). The molecule has 2 heterocycles. The number of hydrogen-bond donors (Lipinski definition) is 1. The molecule has 0 spiro atoms. The van der Waals surface area contributed by atoms with Crippen LogP contribution < -0.4 is 5.32 Å². The normalized spacial score (nSPS) is 15.7. The largest absolute Gasteiger partial charge is 0.342 e. The van der Waals surface area contributed by atoms with Gasteiger partial charge in [0, 0.05) is 19.6 Å². The second-order valence-corrected chi connectivity index (χ2v) is 5.46. The van der Waals surface area contributed by atoms with Crippen molar-refractivity contribution in [3.63, 3.8) is 0 Å². The summed E-state index contributed by atoms with van der Waals surface area (Å²) < 4.78 is 1.73. The third kappa shape index (κ3) is 4.17. The van der Waals surface area contributed by atoms with Gasteiger partial charge in [0.25, 0.3) is 0 Å². The Morgan fingerprint density at radius 1 is 1.37 bits per heavy atom. The molecular weight excluding hydrogens is 264 g/mol. The van der Waals surface area contributed by atoms with Crippen LogP contribution in [-0.2, 0) is 11.3 Å². The summed E-state index contributed by atoms with van der Waals surface area (Å²) in [5.41, 5.74) is 0. The summed E-state index contributed by atoms with van der Waals surface area (Å²) in [6.45, 7) is 3.30. The fourth-order valence-corrected chi connectivity index (χ4v) is 2.82. The minimum atomic E-state index is 0.188. The molecule has 0 aliphatic carbocycles. The van der Waals surface area contributed by atoms with E-state index >= 15 is 0 Å². The minimum absolute atomic E-state index is 0.188. The van der Waals surface area contributed by atoms with Gasteiger partial charge < -0.3 is 10.2 Å². The van der Waals surface area contributed by atoms with E-state index in [4.69, 9.17) is 0 Å². The predicted octanol–water partition coefficient (Wildman–Crippen LogP) is -0.00290. The Hall–Kier alpha value is -1.15. The molecule has 1 N–H and O–H groups in total. The lowest BCUT2D eigenvalue weighted by Gasteiger charge is -2.26. The van der Waals surface area contributed by atoms with Gasteiger partial charge in [0.1, 0.15) is 0 Å². The molecule has 1 aromatic heterocycles. The van der Waals surface area contributed by atoms with Gasteiger partial charge in [0.05, 0.1) is 12.3 Å². The van der Waals surface area contributed by atoms with E-state index in [2.05, 4.69) is 20.8 Å². The predicted molar refractivity (Wildman–Crippen MR) is 72.9 cm³/mol. The first-order chi connectivity index (χ1) is 9.31. The van der Waals surface area contributed by atoms with Gasteiger partial charge in [-0.3, -0.25) is 4.79 Å². The fraction of sp³-hybridized carbons (Fsp3) is 0.818. The smallest absolute Gasteiger partial charge is 0.233 e. The number of likely N-dealkylation sites (tertiary alicyclic amines) is 1. The van der Waals surface area contributed by atoms with E-state index in [9.17, 15) is 4.79 Å². The molecule has 8 heteroatoms. The van der Waals surface area contributed by atoms with Crippen LogP contribution in [0.2, 0.25) is 0 Å². The van der Waals surface area contributed by atoms with E-state index in [1.807, 2.05) is 11.9 Å². The molecule has 0 radical (unpaired) electrons. The van der Waals surface area contributed by atoms with Crippen LogP contribution in [0.5, 0.6) is 0 Å². The second-order valence-electron chi connectivity index (χ2n) is 4.52. The topological polar surface area (TPSA) is 75.9 Å². The summed E-state index contributed by atoms with van der Waals surface area (Å²) in [5.74, 6) is 0.604. The molecule has 0 bridgehead atoms. The number of piperidine rings is 1. The number of nitrogens with zero attached hydrogens (tertiary/aromatic N) is 5. The minimum Gasteiger partial charge on any atom is -0.342 e. The molecule has 19 heavy (non-hydrogen) atoms. The Balaban J connectivity index is 1.81. The Labute approximate surface area is 117 Å². The summed E-state index contributed by atoms with van der Waals surface area (Å²) in [6, 6.07) is 0. The van der Waals surface area contributed by atoms with E-state index < -0.39 is 0 Å². The van der Waals surface area contributed by atoms with Crippen LogP contribution in [0.3, 0.4) is 0 Å². The third-order valence-corrected chi connectivity index (χ3v) is 4.05. The molecule has 0 unspecified atom stereocenters. The molecule has 1 aliphatic heterocycles. The van der Waals surface area contributed by atoms with E-state index in [0.29, 0.717) is 17.5 Å². The highest BCUT2D eigenvalue weighted by Gasteiger charge is 2.17. The molecule has 106 valence electrons. The molecule has 1 aliphatic rings. The van der Waals surface area contributed by atoms with Crippen LogP contribution in [0.4, 0.5) is 0 Å². The molecule has 1 fully saturated rings. The average molecular weight is 284 g/mol. The number of nitrogens with one attached hydrogen (secondary N) is 1. The van der Waals surface area contributed by atoms with Crippen LogP contribution >= 0.6 is 11.8 Å². The number of carbonyl (C=O) groups is 1. The number of carbonyl (C=O) groups excluding carboxylic acids is 1. The van der Waals surface area contributed by atoms with Gasteiger partial charge in [-0.25, -0.2) is 4.68 Å².